The molecule has 2 rings (SSSR count). The molecular formula is C16H23N3O. The largest absolute Gasteiger partial charge is 0.377 e. The molecule has 0 bridgehead atoms. The Balaban J connectivity index is 1.77. The summed E-state index contributed by atoms with van der Waals surface area (Å²) >= 11 is 0. The zero-order valence-electron chi connectivity index (χ0n) is 12.4. The van der Waals surface area contributed by atoms with Gasteiger partial charge in [0.2, 0.25) is 0 Å². The third kappa shape index (κ3) is 4.22. The van der Waals surface area contributed by atoms with Crippen molar-refractivity contribution >= 4 is 5.69 Å². The third-order valence-electron chi connectivity index (χ3n) is 3.59. The summed E-state index contributed by atoms with van der Waals surface area (Å²) in [5.74, 6) is 0. The molecule has 0 radical (unpaired) electrons. The first-order valence-corrected chi connectivity index (χ1v) is 7.28. The molecule has 4 nitrogen and oxygen atoms in total. The van der Waals surface area contributed by atoms with Crippen LogP contribution in [0, 0.1) is 11.3 Å². The maximum atomic E-state index is 8.81. The van der Waals surface area contributed by atoms with Crippen LogP contribution in [0.5, 0.6) is 0 Å². The fourth-order valence-electron chi connectivity index (χ4n) is 2.39. The topological polar surface area (TPSA) is 39.5 Å². The lowest BCUT2D eigenvalue weighted by Crippen LogP contribution is -2.47. The molecule has 1 fully saturated rings. The van der Waals surface area contributed by atoms with Crippen molar-refractivity contribution in [2.45, 2.75) is 20.0 Å². The lowest BCUT2D eigenvalue weighted by molar-refractivity contribution is 0.0579. The maximum absolute atomic E-state index is 8.81. The van der Waals surface area contributed by atoms with Crippen molar-refractivity contribution in [2.24, 2.45) is 0 Å². The molecule has 0 atom stereocenters. The highest BCUT2D eigenvalue weighted by Gasteiger charge is 2.16. The van der Waals surface area contributed by atoms with Crippen LogP contribution in [0.3, 0.4) is 0 Å². The molecule has 0 aromatic heterocycles. The minimum absolute atomic E-state index is 0.315. The van der Waals surface area contributed by atoms with Crippen molar-refractivity contribution in [3.05, 3.63) is 29.8 Å². The molecule has 0 spiro atoms. The highest BCUT2D eigenvalue weighted by Crippen LogP contribution is 2.17. The Labute approximate surface area is 121 Å². The van der Waals surface area contributed by atoms with Gasteiger partial charge in [0, 0.05) is 38.4 Å². The van der Waals surface area contributed by atoms with Crippen LogP contribution in [0.25, 0.3) is 0 Å². The lowest BCUT2D eigenvalue weighted by atomic mass is 10.2. The molecule has 0 amide bonds. The van der Waals surface area contributed by atoms with E-state index in [-0.39, 0.29) is 0 Å². The van der Waals surface area contributed by atoms with Gasteiger partial charge in [0.1, 0.15) is 0 Å². The monoisotopic (exact) mass is 273 g/mol. The predicted molar refractivity (Wildman–Crippen MR) is 80.9 cm³/mol. The average Bonchev–Trinajstić information content (AvgIpc) is 2.48. The molecule has 0 saturated carbocycles. The van der Waals surface area contributed by atoms with Gasteiger partial charge < -0.3 is 9.64 Å². The van der Waals surface area contributed by atoms with E-state index in [9.17, 15) is 0 Å². The van der Waals surface area contributed by atoms with Gasteiger partial charge in [0.25, 0.3) is 0 Å². The van der Waals surface area contributed by atoms with E-state index in [0.29, 0.717) is 6.10 Å². The first-order chi connectivity index (χ1) is 9.69. The number of benzene rings is 1. The molecule has 1 aromatic carbocycles. The molecule has 1 aromatic rings. The van der Waals surface area contributed by atoms with Crippen molar-refractivity contribution in [2.75, 3.05) is 44.2 Å². The summed E-state index contributed by atoms with van der Waals surface area (Å²) in [4.78, 5) is 4.82. The number of hydrogen-bond acceptors (Lipinski definition) is 4. The quantitative estimate of drug-likeness (QED) is 0.823. The van der Waals surface area contributed by atoms with Gasteiger partial charge in [-0.15, -0.1) is 0 Å². The van der Waals surface area contributed by atoms with E-state index in [1.54, 1.807) is 0 Å². The Kier molecular flexibility index (Phi) is 5.40. The smallest absolute Gasteiger partial charge is 0.0991 e. The minimum Gasteiger partial charge on any atom is -0.377 e. The van der Waals surface area contributed by atoms with Crippen LogP contribution < -0.4 is 4.90 Å². The van der Waals surface area contributed by atoms with Gasteiger partial charge in [0.15, 0.2) is 0 Å². The van der Waals surface area contributed by atoms with E-state index in [2.05, 4.69) is 29.7 Å². The molecule has 1 aliphatic rings. The number of rotatable bonds is 5. The van der Waals surface area contributed by atoms with Crippen molar-refractivity contribution in [1.82, 2.24) is 4.90 Å². The second-order valence-corrected chi connectivity index (χ2v) is 5.41. The zero-order chi connectivity index (χ0) is 14.4. The lowest BCUT2D eigenvalue weighted by Gasteiger charge is -2.36. The van der Waals surface area contributed by atoms with Crippen LogP contribution in [0.2, 0.25) is 0 Å². The van der Waals surface area contributed by atoms with Gasteiger partial charge in [-0.2, -0.15) is 5.26 Å². The van der Waals surface area contributed by atoms with Crippen LogP contribution in [0.1, 0.15) is 19.4 Å². The number of nitriles is 1. The van der Waals surface area contributed by atoms with Gasteiger partial charge >= 0.3 is 0 Å². The molecule has 108 valence electrons. The SMILES string of the molecule is CC(C)OCCN1CCN(c2ccc(C#N)cc2)CC1. The summed E-state index contributed by atoms with van der Waals surface area (Å²) in [7, 11) is 0. The van der Waals surface area contributed by atoms with E-state index in [0.717, 1.165) is 44.9 Å². The Morgan fingerprint density at radius 3 is 2.35 bits per heavy atom. The van der Waals surface area contributed by atoms with Gasteiger partial charge in [-0.25, -0.2) is 0 Å². The first kappa shape index (κ1) is 14.8. The number of ether oxygens (including phenoxy) is 1. The molecule has 0 N–H and O–H groups in total. The van der Waals surface area contributed by atoms with Crippen molar-refractivity contribution in [1.29, 1.82) is 5.26 Å². The van der Waals surface area contributed by atoms with E-state index >= 15 is 0 Å². The fraction of sp³-hybridized carbons (Fsp3) is 0.562. The Hall–Kier alpha value is -1.57. The number of hydrogen-bond donors (Lipinski definition) is 0. The van der Waals surface area contributed by atoms with Gasteiger partial charge in [-0.1, -0.05) is 0 Å². The van der Waals surface area contributed by atoms with Gasteiger partial charge in [-0.3, -0.25) is 4.90 Å². The minimum atomic E-state index is 0.315. The number of piperazine rings is 1. The van der Waals surface area contributed by atoms with E-state index in [1.165, 1.54) is 5.69 Å². The second-order valence-electron chi connectivity index (χ2n) is 5.41. The van der Waals surface area contributed by atoms with Crippen LogP contribution in [0.15, 0.2) is 24.3 Å². The average molecular weight is 273 g/mol. The molecular weight excluding hydrogens is 250 g/mol. The summed E-state index contributed by atoms with van der Waals surface area (Å²) < 4.78 is 5.60. The Morgan fingerprint density at radius 1 is 1.15 bits per heavy atom. The van der Waals surface area contributed by atoms with Gasteiger partial charge in [0.05, 0.1) is 24.3 Å². The maximum Gasteiger partial charge on any atom is 0.0991 e. The van der Waals surface area contributed by atoms with Crippen LogP contribution in [-0.4, -0.2) is 50.3 Å². The van der Waals surface area contributed by atoms with Crippen LogP contribution in [-0.2, 0) is 4.74 Å². The van der Waals surface area contributed by atoms with E-state index < -0.39 is 0 Å². The van der Waals surface area contributed by atoms with Crippen molar-refractivity contribution in [3.63, 3.8) is 0 Å². The first-order valence-electron chi connectivity index (χ1n) is 7.28. The summed E-state index contributed by atoms with van der Waals surface area (Å²) in [6, 6.07) is 10.0. The molecule has 0 unspecified atom stereocenters. The standard InChI is InChI=1S/C16H23N3O/c1-14(2)20-12-11-18-7-9-19(10-8-18)16-5-3-15(13-17)4-6-16/h3-6,14H,7-12H2,1-2H3. The zero-order valence-corrected chi connectivity index (χ0v) is 12.4. The number of anilines is 1. The predicted octanol–water partition coefficient (Wildman–Crippen LogP) is 2.11. The van der Waals surface area contributed by atoms with E-state index in [1.807, 2.05) is 24.3 Å². The van der Waals surface area contributed by atoms with E-state index in [4.69, 9.17) is 10.00 Å². The molecule has 0 aliphatic carbocycles. The van der Waals surface area contributed by atoms with Crippen molar-refractivity contribution < 1.29 is 4.74 Å². The third-order valence-corrected chi connectivity index (χ3v) is 3.59. The Bertz CT molecular complexity index is 442. The molecule has 1 heterocycles. The molecule has 4 heteroatoms. The molecule has 20 heavy (non-hydrogen) atoms. The van der Waals surface area contributed by atoms with Crippen LogP contribution >= 0.6 is 0 Å². The summed E-state index contributed by atoms with van der Waals surface area (Å²) in [5, 5.41) is 8.81. The second kappa shape index (κ2) is 7.28. The summed E-state index contributed by atoms with van der Waals surface area (Å²) in [5.41, 5.74) is 1.93. The van der Waals surface area contributed by atoms with Crippen LogP contribution in [0.4, 0.5) is 5.69 Å². The molecule has 1 aliphatic heterocycles. The van der Waals surface area contributed by atoms with Gasteiger partial charge in [-0.05, 0) is 38.1 Å². The Morgan fingerprint density at radius 2 is 1.80 bits per heavy atom. The number of nitrogens with zero attached hydrogens (tertiary/aromatic N) is 3. The summed E-state index contributed by atoms with van der Waals surface area (Å²) in [6.45, 7) is 10.2. The normalized spacial score (nSPS) is 16.4. The van der Waals surface area contributed by atoms with Crippen molar-refractivity contribution in [3.8, 4) is 6.07 Å². The highest BCUT2D eigenvalue weighted by molar-refractivity contribution is 5.50. The molecule has 1 saturated heterocycles. The summed E-state index contributed by atoms with van der Waals surface area (Å²) in [6.07, 6.45) is 0.315. The highest BCUT2D eigenvalue weighted by atomic mass is 16.5. The fourth-order valence-corrected chi connectivity index (χ4v) is 2.39.